The molecule has 0 saturated heterocycles. The van der Waals surface area contributed by atoms with Crippen LogP contribution in [0.25, 0.3) is 0 Å². The first kappa shape index (κ1) is 14.1. The molecule has 1 saturated carbocycles. The number of hydrogen-bond donors (Lipinski definition) is 1. The van der Waals surface area contributed by atoms with Crippen molar-refractivity contribution in [3.05, 3.63) is 33.3 Å². The molecule has 5 nitrogen and oxygen atoms in total. The Hall–Kier alpha value is -1.33. The van der Waals surface area contributed by atoms with Crippen LogP contribution in [-0.4, -0.2) is 23.6 Å². The van der Waals surface area contributed by atoms with E-state index in [1.807, 2.05) is 0 Å². The molecule has 2 rings (SSSR count). The van der Waals surface area contributed by atoms with Gasteiger partial charge in [0, 0.05) is 18.2 Å². The minimum Gasteiger partial charge on any atom is -0.490 e. The molecule has 0 atom stereocenters. The van der Waals surface area contributed by atoms with E-state index in [0.717, 1.165) is 25.8 Å². The van der Waals surface area contributed by atoms with Gasteiger partial charge in [-0.1, -0.05) is 18.5 Å². The van der Waals surface area contributed by atoms with Gasteiger partial charge in [-0.25, -0.2) is 0 Å². The van der Waals surface area contributed by atoms with Crippen LogP contribution < -0.4 is 10.1 Å². The molecule has 0 radical (unpaired) electrons. The molecule has 1 aromatic carbocycles. The first-order valence-corrected chi connectivity index (χ1v) is 6.82. The van der Waals surface area contributed by atoms with E-state index in [1.165, 1.54) is 12.1 Å². The highest BCUT2D eigenvalue weighted by atomic mass is 35.5. The molecule has 0 amide bonds. The van der Waals surface area contributed by atoms with Crippen LogP contribution in [0.1, 0.15) is 26.2 Å². The summed E-state index contributed by atoms with van der Waals surface area (Å²) in [6.45, 7) is 3.17. The lowest BCUT2D eigenvalue weighted by Gasteiger charge is -2.36. The number of nitro groups is 1. The van der Waals surface area contributed by atoms with E-state index in [2.05, 4.69) is 12.2 Å². The predicted octanol–water partition coefficient (Wildman–Crippen LogP) is 3.16. The zero-order valence-electron chi connectivity index (χ0n) is 10.8. The largest absolute Gasteiger partial charge is 0.490 e. The van der Waals surface area contributed by atoms with Gasteiger partial charge >= 0.3 is 0 Å². The number of ether oxygens (including phenoxy) is 1. The minimum atomic E-state index is -0.500. The van der Waals surface area contributed by atoms with Gasteiger partial charge in [-0.3, -0.25) is 10.1 Å². The molecule has 6 heteroatoms. The summed E-state index contributed by atoms with van der Waals surface area (Å²) >= 11 is 5.83. The Balaban J connectivity index is 1.85. The molecule has 1 N–H and O–H groups in total. The highest BCUT2D eigenvalue weighted by Gasteiger charge is 2.30. The Morgan fingerprint density at radius 3 is 2.84 bits per heavy atom. The number of rotatable bonds is 6. The molecule has 1 fully saturated rings. The van der Waals surface area contributed by atoms with Crippen molar-refractivity contribution in [1.82, 2.24) is 5.32 Å². The third-order valence-electron chi connectivity index (χ3n) is 3.20. The molecular weight excluding hydrogens is 268 g/mol. The fourth-order valence-corrected chi connectivity index (χ4v) is 2.32. The van der Waals surface area contributed by atoms with Gasteiger partial charge in [-0.15, -0.1) is 0 Å². The van der Waals surface area contributed by atoms with Crippen LogP contribution in [0.15, 0.2) is 18.2 Å². The van der Waals surface area contributed by atoms with Crippen molar-refractivity contribution >= 4 is 17.3 Å². The number of hydrogen-bond acceptors (Lipinski definition) is 4. The van der Waals surface area contributed by atoms with E-state index >= 15 is 0 Å². The zero-order valence-corrected chi connectivity index (χ0v) is 11.5. The number of halogens is 1. The summed E-state index contributed by atoms with van der Waals surface area (Å²) < 4.78 is 5.73. The lowest BCUT2D eigenvalue weighted by molar-refractivity contribution is -0.384. The van der Waals surface area contributed by atoms with Crippen molar-refractivity contribution in [2.75, 3.05) is 6.54 Å². The van der Waals surface area contributed by atoms with Gasteiger partial charge in [-0.2, -0.15) is 0 Å². The molecule has 19 heavy (non-hydrogen) atoms. The van der Waals surface area contributed by atoms with Crippen LogP contribution in [-0.2, 0) is 0 Å². The van der Waals surface area contributed by atoms with Crippen molar-refractivity contribution in [2.45, 2.75) is 38.3 Å². The Labute approximate surface area is 117 Å². The summed E-state index contributed by atoms with van der Waals surface area (Å²) in [6.07, 6.45) is 3.23. The van der Waals surface area contributed by atoms with Gasteiger partial charge in [0.2, 0.25) is 0 Å². The van der Waals surface area contributed by atoms with E-state index in [0.29, 0.717) is 11.8 Å². The van der Waals surface area contributed by atoms with Crippen molar-refractivity contribution in [3.63, 3.8) is 0 Å². The monoisotopic (exact) mass is 284 g/mol. The highest BCUT2D eigenvalue weighted by Crippen LogP contribution is 2.31. The van der Waals surface area contributed by atoms with E-state index in [1.54, 1.807) is 6.07 Å². The topological polar surface area (TPSA) is 64.4 Å². The maximum absolute atomic E-state index is 10.6. The molecular formula is C13H17ClN2O3. The Bertz CT molecular complexity index is 461. The summed E-state index contributed by atoms with van der Waals surface area (Å²) in [7, 11) is 0. The number of nitrogens with one attached hydrogen (secondary N) is 1. The van der Waals surface area contributed by atoms with Crippen molar-refractivity contribution in [2.24, 2.45) is 0 Å². The molecule has 0 aliphatic heterocycles. The van der Waals surface area contributed by atoms with Crippen LogP contribution in [0.2, 0.25) is 5.02 Å². The molecule has 1 aromatic rings. The Morgan fingerprint density at radius 2 is 2.26 bits per heavy atom. The van der Waals surface area contributed by atoms with Gasteiger partial charge in [0.15, 0.2) is 0 Å². The number of nitrogens with zero attached hydrogens (tertiary/aromatic N) is 1. The zero-order chi connectivity index (χ0) is 13.8. The second-order valence-electron chi connectivity index (χ2n) is 4.73. The van der Waals surface area contributed by atoms with Crippen LogP contribution >= 0.6 is 11.6 Å². The van der Waals surface area contributed by atoms with Gasteiger partial charge in [-0.05, 0) is 31.9 Å². The quantitative estimate of drug-likeness (QED) is 0.644. The lowest BCUT2D eigenvalue weighted by atomic mass is 9.89. The third kappa shape index (κ3) is 3.58. The maximum atomic E-state index is 10.6. The van der Waals surface area contributed by atoms with Crippen LogP contribution in [0, 0.1) is 10.1 Å². The smallest absolute Gasteiger partial charge is 0.288 e. The second kappa shape index (κ2) is 6.21. The molecule has 1 aliphatic carbocycles. The summed E-state index contributed by atoms with van der Waals surface area (Å²) in [4.78, 5) is 10.1. The second-order valence-corrected chi connectivity index (χ2v) is 5.14. The fourth-order valence-electron chi connectivity index (χ4n) is 2.08. The number of benzene rings is 1. The summed E-state index contributed by atoms with van der Waals surface area (Å²) in [6, 6.07) is 5.00. The maximum Gasteiger partial charge on any atom is 0.288 e. The predicted molar refractivity (Wildman–Crippen MR) is 73.8 cm³/mol. The molecule has 0 heterocycles. The molecule has 0 aromatic heterocycles. The van der Waals surface area contributed by atoms with E-state index in [-0.39, 0.29) is 16.8 Å². The van der Waals surface area contributed by atoms with E-state index in [4.69, 9.17) is 16.3 Å². The van der Waals surface area contributed by atoms with Crippen molar-refractivity contribution < 1.29 is 9.66 Å². The average molecular weight is 285 g/mol. The molecule has 0 unspecified atom stereocenters. The number of nitro benzene ring substituents is 1. The van der Waals surface area contributed by atoms with Gasteiger partial charge in [0.1, 0.15) is 16.9 Å². The summed E-state index contributed by atoms with van der Waals surface area (Å²) in [5.41, 5.74) is -0.0925. The van der Waals surface area contributed by atoms with Gasteiger partial charge < -0.3 is 10.1 Å². The van der Waals surface area contributed by atoms with Crippen LogP contribution in [0.3, 0.4) is 0 Å². The molecule has 104 valence electrons. The standard InChI is InChI=1S/C13H17ClN2O3/c1-2-5-15-9-6-11(7-9)19-10-3-4-13(16(17)18)12(14)8-10/h3-4,8-9,11,15H,2,5-7H2,1H3. The normalized spacial score (nSPS) is 21.8. The highest BCUT2D eigenvalue weighted by molar-refractivity contribution is 6.32. The van der Waals surface area contributed by atoms with Gasteiger partial charge in [0.25, 0.3) is 5.69 Å². The van der Waals surface area contributed by atoms with E-state index < -0.39 is 4.92 Å². The third-order valence-corrected chi connectivity index (χ3v) is 3.50. The summed E-state index contributed by atoms with van der Waals surface area (Å²) in [5, 5.41) is 14.2. The SMILES string of the molecule is CCCNC1CC(Oc2ccc([N+](=O)[O-])c(Cl)c2)C1. The first-order chi connectivity index (χ1) is 9.10. The van der Waals surface area contributed by atoms with Crippen molar-refractivity contribution in [1.29, 1.82) is 0 Å². The summed E-state index contributed by atoms with van der Waals surface area (Å²) in [5.74, 6) is 0.592. The van der Waals surface area contributed by atoms with Crippen molar-refractivity contribution in [3.8, 4) is 5.75 Å². The lowest BCUT2D eigenvalue weighted by Crippen LogP contribution is -2.46. The van der Waals surface area contributed by atoms with Gasteiger partial charge in [0.05, 0.1) is 4.92 Å². The average Bonchev–Trinajstić information content (AvgIpc) is 2.31. The van der Waals surface area contributed by atoms with Crippen LogP contribution in [0.4, 0.5) is 5.69 Å². The Kier molecular flexibility index (Phi) is 4.61. The van der Waals surface area contributed by atoms with E-state index in [9.17, 15) is 10.1 Å². The minimum absolute atomic E-state index is 0.0925. The molecule has 1 aliphatic rings. The molecule has 0 spiro atoms. The first-order valence-electron chi connectivity index (χ1n) is 6.44. The fraction of sp³-hybridized carbons (Fsp3) is 0.538. The molecule has 0 bridgehead atoms. The Morgan fingerprint density at radius 1 is 1.53 bits per heavy atom. The van der Waals surface area contributed by atoms with Crippen LogP contribution in [0.5, 0.6) is 5.75 Å².